The molecular weight excluding hydrogens is 918 g/mol. The van der Waals surface area contributed by atoms with Gasteiger partial charge in [0.05, 0.1) is 132 Å². The van der Waals surface area contributed by atoms with Crippen molar-refractivity contribution in [3.05, 3.63) is 0 Å². The van der Waals surface area contributed by atoms with Gasteiger partial charge in [-0.3, -0.25) is 19.2 Å². The van der Waals surface area contributed by atoms with Gasteiger partial charge in [0.15, 0.2) is 0 Å². The zero-order valence-corrected chi connectivity index (χ0v) is 40.5. The van der Waals surface area contributed by atoms with Gasteiger partial charge in [0.2, 0.25) is 17.7 Å². The molecule has 0 aromatic carbocycles. The highest BCUT2D eigenvalue weighted by Crippen LogP contribution is 2.06. The van der Waals surface area contributed by atoms with Crippen molar-refractivity contribution in [2.45, 2.75) is 89.6 Å². The first-order valence-electron chi connectivity index (χ1n) is 23.8. The topological polar surface area (TPSA) is 333 Å². The van der Waals surface area contributed by atoms with Gasteiger partial charge in [-0.15, -0.1) is 0 Å². The zero-order chi connectivity index (χ0) is 50.8. The molecule has 69 heavy (non-hydrogen) atoms. The summed E-state index contributed by atoms with van der Waals surface area (Å²) in [5, 5.41) is 39.6. The third-order valence-electron chi connectivity index (χ3n) is 9.22. The molecule has 0 aliphatic rings. The van der Waals surface area contributed by atoms with E-state index in [0.29, 0.717) is 171 Å². The van der Waals surface area contributed by atoms with Crippen molar-refractivity contribution in [2.75, 3.05) is 152 Å². The van der Waals surface area contributed by atoms with Crippen LogP contribution in [0.25, 0.3) is 0 Å². The Bertz CT molecular complexity index is 1340. The first-order valence-corrected chi connectivity index (χ1v) is 23.8. The highest BCUT2D eigenvalue weighted by atomic mass is 16.6. The van der Waals surface area contributed by atoms with E-state index in [1.54, 1.807) is 6.92 Å². The smallest absolute Gasteiger partial charge is 0.326 e. The fraction of sp³-hybridized carbons (Fsp3) is 0.841. The van der Waals surface area contributed by atoms with Crippen LogP contribution >= 0.6 is 0 Å². The maximum atomic E-state index is 12.2. The number of carboxylic acid groups (broad SMARTS) is 3. The average molecular weight is 1000 g/mol. The van der Waals surface area contributed by atoms with Gasteiger partial charge in [-0.25, -0.2) is 14.4 Å². The van der Waals surface area contributed by atoms with Gasteiger partial charge in [0.25, 0.3) is 0 Å². The highest BCUT2D eigenvalue weighted by molar-refractivity contribution is 5.86. The second-order valence-corrected chi connectivity index (χ2v) is 14.9. The standard InChI is InChI=1S/C44H81N5O20/c1-2-38(50)46-14-16-60-18-20-62-22-24-64-26-28-66-30-32-68-34-35-69-33-31-67-29-27-65-25-23-63-21-19-61-17-15-47-39(51)8-6-4-3-5-7-13-45-40(52)11-9-36(42(55)56)48-44(59)49-37(43(57)58)10-12-41(53)54/h36-37H,2-35H2,1H3,(H,45,52)(H,46,50)(H,47,51)(H,53,54)(H,55,56)(H,57,58)(H2,48,49,59)/t36-,37-/m0/s1. The molecule has 0 fully saturated rings. The van der Waals surface area contributed by atoms with E-state index in [0.717, 1.165) is 25.7 Å². The summed E-state index contributed by atoms with van der Waals surface area (Å²) in [6, 6.07) is -4.09. The molecule has 25 nitrogen and oxygen atoms in total. The van der Waals surface area contributed by atoms with E-state index in [1.165, 1.54) is 0 Å². The van der Waals surface area contributed by atoms with E-state index >= 15 is 0 Å². The predicted octanol–water partition coefficient (Wildman–Crippen LogP) is 0.102. The first kappa shape index (κ1) is 64.7. The number of unbranched alkanes of at least 4 members (excludes halogenated alkanes) is 4. The Hall–Kier alpha value is -4.31. The fourth-order valence-electron chi connectivity index (χ4n) is 5.49. The minimum Gasteiger partial charge on any atom is -0.481 e. The second kappa shape index (κ2) is 48.7. The summed E-state index contributed by atoms with van der Waals surface area (Å²) < 4.78 is 54.6. The number of carbonyl (C=O) groups is 7. The number of ether oxygens (including phenoxy) is 10. The lowest BCUT2D eigenvalue weighted by Gasteiger charge is -2.18. The minimum absolute atomic E-state index is 0.0104. The zero-order valence-electron chi connectivity index (χ0n) is 40.5. The Balaban J connectivity index is 3.44. The number of hydrogen-bond acceptors (Lipinski definition) is 17. The molecule has 0 aromatic rings. The third kappa shape index (κ3) is 47.2. The van der Waals surface area contributed by atoms with Crippen LogP contribution in [0.2, 0.25) is 0 Å². The number of amides is 5. The van der Waals surface area contributed by atoms with Crippen LogP contribution in [0.3, 0.4) is 0 Å². The van der Waals surface area contributed by atoms with Crippen molar-refractivity contribution in [1.82, 2.24) is 26.6 Å². The maximum absolute atomic E-state index is 12.2. The summed E-state index contributed by atoms with van der Waals surface area (Å²) in [5.41, 5.74) is 0. The molecule has 25 heteroatoms. The van der Waals surface area contributed by atoms with E-state index < -0.39 is 48.4 Å². The molecule has 0 heterocycles. The van der Waals surface area contributed by atoms with E-state index in [-0.39, 0.29) is 31.1 Å². The van der Waals surface area contributed by atoms with Crippen LogP contribution in [0.4, 0.5) is 4.79 Å². The molecule has 8 N–H and O–H groups in total. The van der Waals surface area contributed by atoms with Gasteiger partial charge in [0.1, 0.15) is 12.1 Å². The van der Waals surface area contributed by atoms with Gasteiger partial charge >= 0.3 is 23.9 Å². The van der Waals surface area contributed by atoms with Crippen molar-refractivity contribution in [1.29, 1.82) is 0 Å². The number of nitrogens with one attached hydrogen (secondary N) is 5. The van der Waals surface area contributed by atoms with Crippen LogP contribution in [0.5, 0.6) is 0 Å². The van der Waals surface area contributed by atoms with Gasteiger partial charge in [0, 0.05) is 45.3 Å². The van der Waals surface area contributed by atoms with Crippen LogP contribution in [0.1, 0.15) is 77.6 Å². The number of carboxylic acids is 3. The summed E-state index contributed by atoms with van der Waals surface area (Å²) >= 11 is 0. The van der Waals surface area contributed by atoms with Gasteiger partial charge in [-0.05, 0) is 25.7 Å². The Kier molecular flexibility index (Phi) is 45.7. The molecule has 0 bridgehead atoms. The summed E-state index contributed by atoms with van der Waals surface area (Å²) in [4.78, 5) is 80.9. The van der Waals surface area contributed by atoms with Crippen LogP contribution in [-0.2, 0) is 76.1 Å². The Morgan fingerprint density at radius 2 is 0.667 bits per heavy atom. The molecule has 5 amide bonds. The molecular formula is C44H81N5O20. The van der Waals surface area contributed by atoms with Crippen molar-refractivity contribution in [3.63, 3.8) is 0 Å². The quantitative estimate of drug-likeness (QED) is 0.0375. The molecule has 0 spiro atoms. The van der Waals surface area contributed by atoms with Crippen LogP contribution in [-0.4, -0.2) is 221 Å². The number of carbonyl (C=O) groups excluding carboxylic acids is 4. The van der Waals surface area contributed by atoms with Crippen molar-refractivity contribution in [2.24, 2.45) is 0 Å². The maximum Gasteiger partial charge on any atom is 0.326 e. The van der Waals surface area contributed by atoms with E-state index in [9.17, 15) is 38.7 Å². The Morgan fingerprint density at radius 1 is 0.362 bits per heavy atom. The number of aliphatic carboxylic acids is 3. The van der Waals surface area contributed by atoms with Crippen LogP contribution in [0, 0.1) is 0 Å². The molecule has 0 aliphatic heterocycles. The normalized spacial score (nSPS) is 12.0. The third-order valence-corrected chi connectivity index (χ3v) is 9.22. The first-order chi connectivity index (χ1) is 33.5. The van der Waals surface area contributed by atoms with Crippen molar-refractivity contribution in [3.8, 4) is 0 Å². The average Bonchev–Trinajstić information content (AvgIpc) is 3.32. The molecule has 402 valence electrons. The largest absolute Gasteiger partial charge is 0.481 e. The Labute approximate surface area is 405 Å². The minimum atomic E-state index is -1.52. The van der Waals surface area contributed by atoms with Crippen LogP contribution < -0.4 is 26.6 Å². The lowest BCUT2D eigenvalue weighted by molar-refractivity contribution is -0.141. The molecule has 0 saturated carbocycles. The second-order valence-electron chi connectivity index (χ2n) is 14.9. The van der Waals surface area contributed by atoms with Gasteiger partial charge in [-0.1, -0.05) is 26.2 Å². The Morgan fingerprint density at radius 3 is 1.03 bits per heavy atom. The summed E-state index contributed by atoms with van der Waals surface area (Å²) in [6.45, 7) is 12.0. The number of hydrogen-bond donors (Lipinski definition) is 8. The SMILES string of the molecule is CCC(=O)NCCOCCOCCOCCOCCOCCOCCOCCOCCOCCOCCNC(=O)CCCCCCCNC(=O)CC[C@H](NC(=O)N[C@@H](CCC(=O)O)C(=O)O)C(=O)O. The van der Waals surface area contributed by atoms with E-state index in [4.69, 9.17) is 57.6 Å². The monoisotopic (exact) mass is 1000 g/mol. The molecule has 0 saturated heterocycles. The molecule has 0 aliphatic carbocycles. The van der Waals surface area contributed by atoms with E-state index in [2.05, 4.69) is 21.3 Å². The summed E-state index contributed by atoms with van der Waals surface area (Å²) in [6.07, 6.45) is 3.45. The summed E-state index contributed by atoms with van der Waals surface area (Å²) in [5.74, 6) is -4.59. The number of rotatable bonds is 52. The lowest BCUT2D eigenvalue weighted by Crippen LogP contribution is -2.51. The molecule has 2 atom stereocenters. The molecule has 0 rings (SSSR count). The lowest BCUT2D eigenvalue weighted by atomic mass is 10.1. The predicted molar refractivity (Wildman–Crippen MR) is 246 cm³/mol. The van der Waals surface area contributed by atoms with Gasteiger partial charge in [-0.2, -0.15) is 0 Å². The number of urea groups is 1. The van der Waals surface area contributed by atoms with Crippen molar-refractivity contribution >= 4 is 41.7 Å². The van der Waals surface area contributed by atoms with E-state index in [1.807, 2.05) is 5.32 Å². The molecule has 0 aromatic heterocycles. The molecule has 0 radical (unpaired) electrons. The van der Waals surface area contributed by atoms with Gasteiger partial charge < -0.3 is 89.3 Å². The van der Waals surface area contributed by atoms with Crippen LogP contribution in [0.15, 0.2) is 0 Å². The highest BCUT2D eigenvalue weighted by Gasteiger charge is 2.25. The summed E-state index contributed by atoms with van der Waals surface area (Å²) in [7, 11) is 0. The van der Waals surface area contributed by atoms with Crippen molar-refractivity contribution < 1.29 is 96.2 Å². The molecule has 0 unspecified atom stereocenters. The fourth-order valence-corrected chi connectivity index (χ4v) is 5.49.